The molecule has 3 nitrogen and oxygen atoms in total. The largest absolute Gasteiger partial charge is 0.293 e. The van der Waals surface area contributed by atoms with E-state index in [0.29, 0.717) is 0 Å². The third-order valence-electron chi connectivity index (χ3n) is 3.66. The molecule has 3 heteroatoms. The first-order valence-electron chi connectivity index (χ1n) is 6.18. The molecule has 18 heavy (non-hydrogen) atoms. The predicted molar refractivity (Wildman–Crippen MR) is 71.8 cm³/mol. The summed E-state index contributed by atoms with van der Waals surface area (Å²) in [6.45, 7) is 2.93. The molecule has 0 bridgehead atoms. The van der Waals surface area contributed by atoms with Crippen molar-refractivity contribution in [2.45, 2.75) is 18.8 Å². The molecule has 1 aliphatic heterocycles. The van der Waals surface area contributed by atoms with Crippen LogP contribution in [0.2, 0.25) is 0 Å². The molecule has 0 saturated heterocycles. The third-order valence-corrected chi connectivity index (χ3v) is 3.66. The van der Waals surface area contributed by atoms with E-state index >= 15 is 0 Å². The van der Waals surface area contributed by atoms with Crippen LogP contribution in [0, 0.1) is 0 Å². The van der Waals surface area contributed by atoms with Crippen LogP contribution < -0.4 is 0 Å². The third kappa shape index (κ3) is 1.55. The zero-order chi connectivity index (χ0) is 12.4. The van der Waals surface area contributed by atoms with Crippen LogP contribution in [-0.4, -0.2) is 22.2 Å². The van der Waals surface area contributed by atoms with E-state index in [-0.39, 0.29) is 5.41 Å². The van der Waals surface area contributed by atoms with Crippen molar-refractivity contribution in [2.75, 3.05) is 6.54 Å². The van der Waals surface area contributed by atoms with Crippen LogP contribution in [0.4, 0.5) is 0 Å². The molecule has 90 valence electrons. The molecule has 0 unspecified atom stereocenters. The zero-order valence-corrected chi connectivity index (χ0v) is 10.4. The Labute approximate surface area is 107 Å². The second-order valence-electron chi connectivity index (χ2n) is 4.55. The summed E-state index contributed by atoms with van der Waals surface area (Å²) in [7, 11) is 0. The van der Waals surface area contributed by atoms with E-state index in [9.17, 15) is 0 Å². The molecule has 0 fully saturated rings. The molecule has 2 aromatic rings. The molecule has 0 aromatic carbocycles. The van der Waals surface area contributed by atoms with Crippen molar-refractivity contribution >= 4 is 5.71 Å². The summed E-state index contributed by atoms with van der Waals surface area (Å²) in [4.78, 5) is 13.7. The first-order valence-corrected chi connectivity index (χ1v) is 6.18. The summed E-state index contributed by atoms with van der Waals surface area (Å²) >= 11 is 0. The van der Waals surface area contributed by atoms with Crippen LogP contribution in [0.1, 0.15) is 24.7 Å². The normalized spacial score (nSPS) is 17.5. The van der Waals surface area contributed by atoms with Gasteiger partial charge in [-0.15, -0.1) is 0 Å². The van der Waals surface area contributed by atoms with Gasteiger partial charge in [0.15, 0.2) is 0 Å². The van der Waals surface area contributed by atoms with Gasteiger partial charge in [0, 0.05) is 24.7 Å². The minimum atomic E-state index is -0.234. The van der Waals surface area contributed by atoms with Gasteiger partial charge in [0.2, 0.25) is 0 Å². The van der Waals surface area contributed by atoms with Gasteiger partial charge in [-0.3, -0.25) is 15.0 Å². The number of hydrogen-bond acceptors (Lipinski definition) is 3. The molecule has 3 heterocycles. The van der Waals surface area contributed by atoms with Crippen LogP contribution in [0.25, 0.3) is 0 Å². The Morgan fingerprint density at radius 3 is 1.94 bits per heavy atom. The highest BCUT2D eigenvalue weighted by Crippen LogP contribution is 2.38. The highest BCUT2D eigenvalue weighted by atomic mass is 14.9. The Bertz CT molecular complexity index is 521. The summed E-state index contributed by atoms with van der Waals surface area (Å²) in [5.74, 6) is 0. The van der Waals surface area contributed by atoms with E-state index in [1.807, 2.05) is 36.7 Å². The fourth-order valence-electron chi connectivity index (χ4n) is 2.70. The maximum atomic E-state index is 4.58. The number of hydrogen-bond donors (Lipinski definition) is 0. The summed E-state index contributed by atoms with van der Waals surface area (Å²) in [5, 5.41) is 0. The van der Waals surface area contributed by atoms with Crippen molar-refractivity contribution in [1.29, 1.82) is 0 Å². The topological polar surface area (TPSA) is 38.1 Å². The fourth-order valence-corrected chi connectivity index (χ4v) is 2.70. The van der Waals surface area contributed by atoms with Gasteiger partial charge in [-0.2, -0.15) is 0 Å². The van der Waals surface area contributed by atoms with Gasteiger partial charge in [0.25, 0.3) is 0 Å². The number of aliphatic imine (C=N–C) groups is 1. The summed E-state index contributed by atoms with van der Waals surface area (Å²) < 4.78 is 0. The molecule has 0 saturated carbocycles. The van der Waals surface area contributed by atoms with Crippen molar-refractivity contribution in [3.05, 3.63) is 60.2 Å². The molecular formula is C15H15N3. The lowest BCUT2D eigenvalue weighted by Gasteiger charge is -2.28. The van der Waals surface area contributed by atoms with Gasteiger partial charge < -0.3 is 0 Å². The molecule has 0 aliphatic carbocycles. The standard InChI is InChI=1S/C15H15N3/c1-12-15(8-11-16-12,13-6-2-4-9-17-13)14-7-3-5-10-18-14/h2-7,9-10H,8,11H2,1H3. The van der Waals surface area contributed by atoms with E-state index in [1.165, 1.54) is 0 Å². The molecular weight excluding hydrogens is 222 g/mol. The highest BCUT2D eigenvalue weighted by molar-refractivity contribution is 5.97. The van der Waals surface area contributed by atoms with Gasteiger partial charge in [-0.1, -0.05) is 12.1 Å². The smallest absolute Gasteiger partial charge is 0.0938 e. The number of aromatic nitrogens is 2. The van der Waals surface area contributed by atoms with E-state index < -0.39 is 0 Å². The Balaban J connectivity index is 2.21. The molecule has 0 radical (unpaired) electrons. The van der Waals surface area contributed by atoms with Crippen molar-refractivity contribution in [2.24, 2.45) is 4.99 Å². The summed E-state index contributed by atoms with van der Waals surface area (Å²) in [5.41, 5.74) is 2.97. The van der Waals surface area contributed by atoms with Crippen LogP contribution in [-0.2, 0) is 5.41 Å². The van der Waals surface area contributed by atoms with E-state index in [2.05, 4.69) is 34.0 Å². The number of pyridine rings is 2. The van der Waals surface area contributed by atoms with Gasteiger partial charge in [0.1, 0.15) is 0 Å². The maximum Gasteiger partial charge on any atom is 0.0938 e. The van der Waals surface area contributed by atoms with Gasteiger partial charge in [-0.05, 0) is 37.6 Å². The molecule has 1 aliphatic rings. The molecule has 0 atom stereocenters. The van der Waals surface area contributed by atoms with Crippen molar-refractivity contribution in [1.82, 2.24) is 9.97 Å². The first kappa shape index (κ1) is 11.1. The lowest BCUT2D eigenvalue weighted by molar-refractivity contribution is 0.627. The van der Waals surface area contributed by atoms with Crippen molar-refractivity contribution in [3.8, 4) is 0 Å². The second-order valence-corrected chi connectivity index (χ2v) is 4.55. The lowest BCUT2D eigenvalue weighted by atomic mass is 9.75. The molecule has 0 N–H and O–H groups in total. The number of rotatable bonds is 2. The van der Waals surface area contributed by atoms with E-state index in [0.717, 1.165) is 30.1 Å². The molecule has 3 rings (SSSR count). The zero-order valence-electron chi connectivity index (χ0n) is 10.4. The molecule has 2 aromatic heterocycles. The fraction of sp³-hybridized carbons (Fsp3) is 0.267. The van der Waals surface area contributed by atoms with Crippen LogP contribution >= 0.6 is 0 Å². The van der Waals surface area contributed by atoms with Gasteiger partial charge in [0.05, 0.1) is 16.8 Å². The monoisotopic (exact) mass is 237 g/mol. The van der Waals surface area contributed by atoms with Gasteiger partial charge >= 0.3 is 0 Å². The van der Waals surface area contributed by atoms with E-state index in [4.69, 9.17) is 0 Å². The Morgan fingerprint density at radius 1 is 0.944 bits per heavy atom. The predicted octanol–water partition coefficient (Wildman–Crippen LogP) is 2.63. The second kappa shape index (κ2) is 4.33. The summed E-state index contributed by atoms with van der Waals surface area (Å²) in [6.07, 6.45) is 4.63. The average Bonchev–Trinajstić information content (AvgIpc) is 2.84. The van der Waals surface area contributed by atoms with Crippen LogP contribution in [0.15, 0.2) is 53.8 Å². The molecule has 0 spiro atoms. The maximum absolute atomic E-state index is 4.58. The van der Waals surface area contributed by atoms with Crippen molar-refractivity contribution in [3.63, 3.8) is 0 Å². The highest BCUT2D eigenvalue weighted by Gasteiger charge is 2.42. The Hall–Kier alpha value is -2.03. The first-order chi connectivity index (χ1) is 8.84. The number of nitrogens with zero attached hydrogens (tertiary/aromatic N) is 3. The summed E-state index contributed by atoms with van der Waals surface area (Å²) in [6, 6.07) is 12.1. The quantitative estimate of drug-likeness (QED) is 0.805. The molecule has 0 amide bonds. The van der Waals surface area contributed by atoms with Gasteiger partial charge in [-0.25, -0.2) is 0 Å². The van der Waals surface area contributed by atoms with E-state index in [1.54, 1.807) is 0 Å². The van der Waals surface area contributed by atoms with Crippen LogP contribution in [0.5, 0.6) is 0 Å². The minimum Gasteiger partial charge on any atom is -0.293 e. The average molecular weight is 237 g/mol. The minimum absolute atomic E-state index is 0.234. The Morgan fingerprint density at radius 2 is 1.56 bits per heavy atom. The lowest BCUT2D eigenvalue weighted by Crippen LogP contribution is -2.34. The SMILES string of the molecule is CC1=NCCC1(c1ccccn1)c1ccccn1. The van der Waals surface area contributed by atoms with Crippen LogP contribution in [0.3, 0.4) is 0 Å². The van der Waals surface area contributed by atoms with Crippen molar-refractivity contribution < 1.29 is 0 Å². The Kier molecular flexibility index (Phi) is 2.67.